The molecule has 1 rings (SSSR count). The van der Waals surface area contributed by atoms with E-state index in [4.69, 9.17) is 9.47 Å². The lowest BCUT2D eigenvalue weighted by molar-refractivity contribution is 0.172. The molecule has 0 radical (unpaired) electrons. The summed E-state index contributed by atoms with van der Waals surface area (Å²) < 4.78 is 11.0. The first-order chi connectivity index (χ1) is 11.7. The molecule has 0 heterocycles. The number of nitrogens with zero attached hydrogens (tertiary/aromatic N) is 1. The van der Waals surface area contributed by atoms with Crippen molar-refractivity contribution in [1.82, 2.24) is 10.6 Å². The molecular formula is C18H31N3O2S. The number of guanidine groups is 1. The Morgan fingerprint density at radius 3 is 2.79 bits per heavy atom. The summed E-state index contributed by atoms with van der Waals surface area (Å²) in [7, 11) is 1.71. The van der Waals surface area contributed by atoms with Crippen LogP contribution in [0.25, 0.3) is 0 Å². The molecule has 0 spiro atoms. The highest BCUT2D eigenvalue weighted by atomic mass is 32.2. The highest BCUT2D eigenvalue weighted by molar-refractivity contribution is 7.98. The zero-order valence-corrected chi connectivity index (χ0v) is 16.2. The van der Waals surface area contributed by atoms with Crippen molar-refractivity contribution < 1.29 is 9.47 Å². The Labute approximate surface area is 150 Å². The predicted molar refractivity (Wildman–Crippen MR) is 104 cm³/mol. The molecule has 0 atom stereocenters. The van der Waals surface area contributed by atoms with Gasteiger partial charge < -0.3 is 20.1 Å². The fourth-order valence-electron chi connectivity index (χ4n) is 2.09. The number of thioether (sulfide) groups is 1. The van der Waals surface area contributed by atoms with E-state index in [1.807, 2.05) is 11.8 Å². The minimum atomic E-state index is 0.592. The summed E-state index contributed by atoms with van der Waals surface area (Å²) in [6, 6.07) is 6.27. The highest BCUT2D eigenvalue weighted by Crippen LogP contribution is 2.21. The largest absolute Gasteiger partial charge is 0.493 e. The van der Waals surface area contributed by atoms with Crippen LogP contribution in [-0.2, 0) is 11.3 Å². The van der Waals surface area contributed by atoms with Gasteiger partial charge in [0, 0.05) is 44.5 Å². The van der Waals surface area contributed by atoms with Gasteiger partial charge in [-0.2, -0.15) is 11.8 Å². The van der Waals surface area contributed by atoms with Crippen molar-refractivity contribution in [2.24, 2.45) is 4.99 Å². The van der Waals surface area contributed by atoms with Crippen LogP contribution >= 0.6 is 11.8 Å². The first kappa shape index (κ1) is 20.6. The number of aliphatic imine (C=N–C) groups is 1. The first-order valence-corrected chi connectivity index (χ1v) is 9.83. The van der Waals surface area contributed by atoms with Crippen molar-refractivity contribution in [2.45, 2.75) is 26.8 Å². The van der Waals surface area contributed by atoms with Gasteiger partial charge in [-0.3, -0.25) is 0 Å². The second kappa shape index (κ2) is 13.0. The maximum atomic E-state index is 5.92. The van der Waals surface area contributed by atoms with Crippen LogP contribution in [0, 0.1) is 6.92 Å². The van der Waals surface area contributed by atoms with E-state index in [0.717, 1.165) is 42.5 Å². The summed E-state index contributed by atoms with van der Waals surface area (Å²) >= 11 is 1.82. The van der Waals surface area contributed by atoms with E-state index >= 15 is 0 Å². The molecule has 24 heavy (non-hydrogen) atoms. The summed E-state index contributed by atoms with van der Waals surface area (Å²) in [4.78, 5) is 4.67. The van der Waals surface area contributed by atoms with Gasteiger partial charge in [-0.25, -0.2) is 4.99 Å². The molecule has 0 aliphatic carbocycles. The summed E-state index contributed by atoms with van der Waals surface area (Å²) in [6.07, 6.45) is 2.98. The number of benzene rings is 1. The van der Waals surface area contributed by atoms with E-state index in [2.05, 4.69) is 53.9 Å². The van der Waals surface area contributed by atoms with Crippen LogP contribution in [0.3, 0.4) is 0 Å². The molecule has 0 amide bonds. The zero-order valence-electron chi connectivity index (χ0n) is 15.4. The van der Waals surface area contributed by atoms with E-state index < -0.39 is 0 Å². The van der Waals surface area contributed by atoms with Crippen LogP contribution in [0.4, 0.5) is 0 Å². The average molecular weight is 354 g/mol. The van der Waals surface area contributed by atoms with Crippen molar-refractivity contribution >= 4 is 17.7 Å². The van der Waals surface area contributed by atoms with Crippen molar-refractivity contribution in [2.75, 3.05) is 45.4 Å². The van der Waals surface area contributed by atoms with E-state index in [-0.39, 0.29) is 0 Å². The quantitative estimate of drug-likeness (QED) is 0.364. The number of rotatable bonds is 11. The molecule has 0 aliphatic heterocycles. The molecule has 0 aromatic heterocycles. The van der Waals surface area contributed by atoms with Gasteiger partial charge in [0.05, 0.1) is 13.2 Å². The molecule has 1 aromatic rings. The third-order valence-corrected chi connectivity index (χ3v) is 3.94. The average Bonchev–Trinajstić information content (AvgIpc) is 2.58. The number of nitrogens with one attached hydrogen (secondary N) is 2. The fourth-order valence-corrected chi connectivity index (χ4v) is 2.40. The summed E-state index contributed by atoms with van der Waals surface area (Å²) in [5.74, 6) is 2.82. The zero-order chi connectivity index (χ0) is 17.6. The molecule has 0 saturated heterocycles. The first-order valence-electron chi connectivity index (χ1n) is 8.43. The van der Waals surface area contributed by atoms with E-state index in [9.17, 15) is 0 Å². The minimum Gasteiger partial charge on any atom is -0.493 e. The molecule has 1 aromatic carbocycles. The lowest BCUT2D eigenvalue weighted by atomic mass is 10.1. The third kappa shape index (κ3) is 8.45. The number of hydrogen-bond donors (Lipinski definition) is 2. The molecule has 0 aliphatic rings. The molecule has 6 heteroatoms. The molecular weight excluding hydrogens is 322 g/mol. The Balaban J connectivity index is 2.70. The Morgan fingerprint density at radius 2 is 2.08 bits per heavy atom. The Kier molecular flexibility index (Phi) is 11.1. The van der Waals surface area contributed by atoms with Crippen LogP contribution in [0.5, 0.6) is 5.75 Å². The predicted octanol–water partition coefficient (Wildman–Crippen LogP) is 2.83. The third-order valence-electron chi connectivity index (χ3n) is 3.32. The summed E-state index contributed by atoms with van der Waals surface area (Å²) in [5.41, 5.74) is 2.29. The van der Waals surface area contributed by atoms with Gasteiger partial charge in [0.1, 0.15) is 5.75 Å². The number of methoxy groups -OCH3 is 1. The van der Waals surface area contributed by atoms with Crippen molar-refractivity contribution in [3.05, 3.63) is 29.3 Å². The van der Waals surface area contributed by atoms with E-state index in [1.165, 1.54) is 5.56 Å². The van der Waals surface area contributed by atoms with Gasteiger partial charge in [-0.05, 0) is 31.7 Å². The number of hydrogen-bond acceptors (Lipinski definition) is 4. The smallest absolute Gasteiger partial charge is 0.191 e. The van der Waals surface area contributed by atoms with Crippen molar-refractivity contribution in [1.29, 1.82) is 0 Å². The molecule has 136 valence electrons. The van der Waals surface area contributed by atoms with Gasteiger partial charge in [0.15, 0.2) is 5.96 Å². The van der Waals surface area contributed by atoms with Gasteiger partial charge in [0.25, 0.3) is 0 Å². The summed E-state index contributed by atoms with van der Waals surface area (Å²) in [5, 5.41) is 6.62. The molecule has 0 saturated carbocycles. The van der Waals surface area contributed by atoms with Gasteiger partial charge in [0.2, 0.25) is 0 Å². The normalized spacial score (nSPS) is 11.4. The monoisotopic (exact) mass is 353 g/mol. The lowest BCUT2D eigenvalue weighted by Crippen LogP contribution is -2.38. The standard InChI is InChI=1S/C18H31N3O2S/c1-5-19-18(20-9-12-24-4)21-14-16-8-7-15(2)13-17(16)23-11-6-10-22-3/h7-8,13H,5-6,9-12,14H2,1-4H3,(H2,19,20,21). The Bertz CT molecular complexity index is 495. The van der Waals surface area contributed by atoms with E-state index in [1.54, 1.807) is 7.11 Å². The van der Waals surface area contributed by atoms with Crippen molar-refractivity contribution in [3.8, 4) is 5.75 Å². The lowest BCUT2D eigenvalue weighted by Gasteiger charge is -2.13. The maximum absolute atomic E-state index is 5.92. The van der Waals surface area contributed by atoms with Crippen molar-refractivity contribution in [3.63, 3.8) is 0 Å². The summed E-state index contributed by atoms with van der Waals surface area (Å²) in [6.45, 7) is 7.85. The molecule has 2 N–H and O–H groups in total. The molecule has 5 nitrogen and oxygen atoms in total. The second-order valence-corrected chi connectivity index (χ2v) is 6.41. The van der Waals surface area contributed by atoms with Crippen LogP contribution in [-0.4, -0.2) is 51.4 Å². The van der Waals surface area contributed by atoms with Crippen LogP contribution in [0.1, 0.15) is 24.5 Å². The van der Waals surface area contributed by atoms with Crippen LogP contribution in [0.2, 0.25) is 0 Å². The molecule has 0 fully saturated rings. The highest BCUT2D eigenvalue weighted by Gasteiger charge is 2.05. The van der Waals surface area contributed by atoms with Gasteiger partial charge in [-0.1, -0.05) is 12.1 Å². The van der Waals surface area contributed by atoms with Gasteiger partial charge in [-0.15, -0.1) is 0 Å². The van der Waals surface area contributed by atoms with Crippen LogP contribution < -0.4 is 15.4 Å². The number of aryl methyl sites for hydroxylation is 1. The van der Waals surface area contributed by atoms with Crippen LogP contribution in [0.15, 0.2) is 23.2 Å². The Hall–Kier alpha value is -1.40. The minimum absolute atomic E-state index is 0.592. The Morgan fingerprint density at radius 1 is 1.25 bits per heavy atom. The maximum Gasteiger partial charge on any atom is 0.191 e. The fraction of sp³-hybridized carbons (Fsp3) is 0.611. The van der Waals surface area contributed by atoms with Gasteiger partial charge >= 0.3 is 0 Å². The number of ether oxygens (including phenoxy) is 2. The van der Waals surface area contributed by atoms with E-state index in [0.29, 0.717) is 19.8 Å². The molecule has 0 bridgehead atoms. The molecule has 0 unspecified atom stereocenters. The second-order valence-electron chi connectivity index (χ2n) is 5.42. The topological polar surface area (TPSA) is 54.9 Å². The SMILES string of the molecule is CCNC(=NCc1ccc(C)cc1OCCCOC)NCCSC.